The summed E-state index contributed by atoms with van der Waals surface area (Å²) in [4.78, 5) is 16.6. The molecule has 29 heavy (non-hydrogen) atoms. The Bertz CT molecular complexity index is 1060. The molecule has 0 spiro atoms. The Hall–Kier alpha value is -3.22. The van der Waals surface area contributed by atoms with E-state index in [2.05, 4.69) is 10.3 Å². The molecule has 0 atom stereocenters. The molecule has 0 aliphatic carbocycles. The van der Waals surface area contributed by atoms with E-state index in [1.165, 1.54) is 0 Å². The summed E-state index contributed by atoms with van der Waals surface area (Å²) in [6.07, 6.45) is 0. The molecule has 0 saturated carbocycles. The first-order valence-corrected chi connectivity index (χ1v) is 10.1. The molecule has 6 heteroatoms. The van der Waals surface area contributed by atoms with E-state index in [1.807, 2.05) is 78.9 Å². The Kier molecular flexibility index (Phi) is 6.14. The minimum atomic E-state index is -0.166. The molecule has 1 heterocycles. The van der Waals surface area contributed by atoms with E-state index < -0.39 is 0 Å². The summed E-state index contributed by atoms with van der Waals surface area (Å²) >= 11 is 1.58. The van der Waals surface area contributed by atoms with E-state index >= 15 is 0 Å². The highest BCUT2D eigenvalue weighted by Crippen LogP contribution is 2.22. The second-order valence-electron chi connectivity index (χ2n) is 6.41. The normalized spacial score (nSPS) is 10.8. The highest BCUT2D eigenvalue weighted by molar-refractivity contribution is 7.18. The van der Waals surface area contributed by atoms with Gasteiger partial charge in [-0.3, -0.25) is 4.79 Å². The first-order chi connectivity index (χ1) is 14.3. The van der Waals surface area contributed by atoms with E-state index in [0.717, 1.165) is 32.3 Å². The number of fused-ring (bicyclic) bond motifs is 1. The minimum absolute atomic E-state index is 0.00384. The van der Waals surface area contributed by atoms with Crippen LogP contribution in [-0.2, 0) is 22.7 Å². The molecule has 0 saturated heterocycles. The Morgan fingerprint density at radius 1 is 0.931 bits per heavy atom. The van der Waals surface area contributed by atoms with E-state index in [4.69, 9.17) is 9.47 Å². The molecule has 0 aliphatic heterocycles. The van der Waals surface area contributed by atoms with Crippen LogP contribution in [0.4, 0.5) is 0 Å². The summed E-state index contributed by atoms with van der Waals surface area (Å²) in [5.41, 5.74) is 1.91. The van der Waals surface area contributed by atoms with Gasteiger partial charge in [-0.15, -0.1) is 11.3 Å². The monoisotopic (exact) mass is 404 g/mol. The van der Waals surface area contributed by atoms with Crippen molar-refractivity contribution in [3.05, 3.63) is 89.4 Å². The average Bonchev–Trinajstić information content (AvgIpc) is 3.16. The lowest BCUT2D eigenvalue weighted by Crippen LogP contribution is -2.27. The molecule has 4 aromatic rings. The maximum absolute atomic E-state index is 12.1. The summed E-state index contributed by atoms with van der Waals surface area (Å²) in [5, 5.41) is 3.73. The van der Waals surface area contributed by atoms with Gasteiger partial charge in [0, 0.05) is 6.54 Å². The molecule has 1 aromatic heterocycles. The Balaban J connectivity index is 1.23. The van der Waals surface area contributed by atoms with Gasteiger partial charge < -0.3 is 14.8 Å². The summed E-state index contributed by atoms with van der Waals surface area (Å²) in [6, 6.07) is 25.2. The average molecular weight is 404 g/mol. The largest absolute Gasteiger partial charge is 0.457 e. The Labute approximate surface area is 172 Å². The highest BCUT2D eigenvalue weighted by Gasteiger charge is 2.06. The van der Waals surface area contributed by atoms with Gasteiger partial charge in [0.15, 0.2) is 0 Å². The number of aromatic nitrogens is 1. The van der Waals surface area contributed by atoms with Crippen LogP contribution in [-0.4, -0.2) is 17.5 Å². The number of hydrogen-bond donors (Lipinski definition) is 1. The molecule has 4 rings (SSSR count). The number of benzene rings is 3. The standard InChI is InChI=1S/C23H20N2O3S/c26-22(15-27-16-23-25-20-11-4-5-12-21(20)29-23)24-14-17-7-6-10-19(13-17)28-18-8-2-1-3-9-18/h1-13H,14-16H2,(H,24,26). The van der Waals surface area contributed by atoms with Gasteiger partial charge in [0.1, 0.15) is 23.1 Å². The zero-order valence-electron chi connectivity index (χ0n) is 15.7. The van der Waals surface area contributed by atoms with Gasteiger partial charge in [0.2, 0.25) is 5.91 Å². The highest BCUT2D eigenvalue weighted by atomic mass is 32.1. The predicted octanol–water partition coefficient (Wildman–Crippen LogP) is 4.92. The van der Waals surface area contributed by atoms with Crippen molar-refractivity contribution in [1.82, 2.24) is 10.3 Å². The molecule has 0 fully saturated rings. The van der Waals surface area contributed by atoms with Crippen LogP contribution in [0.25, 0.3) is 10.2 Å². The number of amides is 1. The molecule has 0 aliphatic rings. The smallest absolute Gasteiger partial charge is 0.246 e. The molecule has 0 radical (unpaired) electrons. The topological polar surface area (TPSA) is 60.5 Å². The zero-order valence-corrected chi connectivity index (χ0v) is 16.5. The van der Waals surface area contributed by atoms with Crippen LogP contribution in [0.2, 0.25) is 0 Å². The van der Waals surface area contributed by atoms with E-state index in [1.54, 1.807) is 11.3 Å². The van der Waals surface area contributed by atoms with Gasteiger partial charge in [0.25, 0.3) is 0 Å². The van der Waals surface area contributed by atoms with Crippen molar-refractivity contribution in [3.8, 4) is 11.5 Å². The Morgan fingerprint density at radius 2 is 1.72 bits per heavy atom. The third kappa shape index (κ3) is 5.40. The molecule has 1 amide bonds. The number of carbonyl (C=O) groups is 1. The van der Waals surface area contributed by atoms with Crippen molar-refractivity contribution in [1.29, 1.82) is 0 Å². The van der Waals surface area contributed by atoms with Crippen molar-refractivity contribution < 1.29 is 14.3 Å². The first kappa shape index (κ1) is 19.1. The quantitative estimate of drug-likeness (QED) is 0.453. The number of thiazole rings is 1. The maximum Gasteiger partial charge on any atom is 0.246 e. The SMILES string of the molecule is O=C(COCc1nc2ccccc2s1)NCc1cccc(Oc2ccccc2)c1. The van der Waals surface area contributed by atoms with Gasteiger partial charge in [-0.1, -0.05) is 42.5 Å². The minimum Gasteiger partial charge on any atom is -0.457 e. The second-order valence-corrected chi connectivity index (χ2v) is 7.52. The van der Waals surface area contributed by atoms with Crippen LogP contribution >= 0.6 is 11.3 Å². The van der Waals surface area contributed by atoms with E-state index in [-0.39, 0.29) is 12.5 Å². The van der Waals surface area contributed by atoms with Crippen LogP contribution < -0.4 is 10.1 Å². The molecular weight excluding hydrogens is 384 g/mol. The molecule has 0 unspecified atom stereocenters. The van der Waals surface area contributed by atoms with Crippen molar-refractivity contribution in [3.63, 3.8) is 0 Å². The number of nitrogens with one attached hydrogen (secondary N) is 1. The van der Waals surface area contributed by atoms with Gasteiger partial charge in [-0.05, 0) is 42.0 Å². The number of nitrogens with zero attached hydrogens (tertiary/aromatic N) is 1. The lowest BCUT2D eigenvalue weighted by atomic mass is 10.2. The van der Waals surface area contributed by atoms with Crippen LogP contribution in [0.5, 0.6) is 11.5 Å². The third-order valence-electron chi connectivity index (χ3n) is 4.16. The predicted molar refractivity (Wildman–Crippen MR) is 114 cm³/mol. The molecule has 3 aromatic carbocycles. The lowest BCUT2D eigenvalue weighted by Gasteiger charge is -2.09. The van der Waals surface area contributed by atoms with Gasteiger partial charge >= 0.3 is 0 Å². The summed E-state index contributed by atoms with van der Waals surface area (Å²) in [5.74, 6) is 1.34. The molecule has 1 N–H and O–H groups in total. The summed E-state index contributed by atoms with van der Waals surface area (Å²) in [7, 11) is 0. The van der Waals surface area contributed by atoms with Crippen molar-refractivity contribution in [2.24, 2.45) is 0 Å². The number of ether oxygens (including phenoxy) is 2. The van der Waals surface area contributed by atoms with Crippen molar-refractivity contribution in [2.75, 3.05) is 6.61 Å². The van der Waals surface area contributed by atoms with Gasteiger partial charge in [-0.25, -0.2) is 4.98 Å². The van der Waals surface area contributed by atoms with Gasteiger partial charge in [-0.2, -0.15) is 0 Å². The molecule has 5 nitrogen and oxygen atoms in total. The first-order valence-electron chi connectivity index (χ1n) is 9.27. The third-order valence-corrected chi connectivity index (χ3v) is 5.17. The zero-order chi connectivity index (χ0) is 19.9. The van der Waals surface area contributed by atoms with Gasteiger partial charge in [0.05, 0.1) is 16.8 Å². The van der Waals surface area contributed by atoms with Crippen molar-refractivity contribution >= 4 is 27.5 Å². The maximum atomic E-state index is 12.1. The van der Waals surface area contributed by atoms with Crippen LogP contribution in [0.15, 0.2) is 78.9 Å². The van der Waals surface area contributed by atoms with E-state index in [9.17, 15) is 4.79 Å². The number of para-hydroxylation sites is 2. The lowest BCUT2D eigenvalue weighted by molar-refractivity contribution is -0.126. The molecule has 0 bridgehead atoms. The molecule has 146 valence electrons. The summed E-state index contributed by atoms with van der Waals surface area (Å²) in [6.45, 7) is 0.735. The second kappa shape index (κ2) is 9.32. The Morgan fingerprint density at radius 3 is 2.59 bits per heavy atom. The number of hydrogen-bond acceptors (Lipinski definition) is 5. The van der Waals surface area contributed by atoms with Crippen LogP contribution in [0, 0.1) is 0 Å². The van der Waals surface area contributed by atoms with E-state index in [0.29, 0.717) is 13.2 Å². The fraction of sp³-hybridized carbons (Fsp3) is 0.130. The number of carbonyl (C=O) groups excluding carboxylic acids is 1. The molecular formula is C23H20N2O3S. The number of rotatable bonds is 8. The van der Waals surface area contributed by atoms with Crippen LogP contribution in [0.3, 0.4) is 0 Å². The van der Waals surface area contributed by atoms with Crippen molar-refractivity contribution in [2.45, 2.75) is 13.2 Å². The fourth-order valence-corrected chi connectivity index (χ4v) is 3.71. The van der Waals surface area contributed by atoms with Crippen LogP contribution in [0.1, 0.15) is 10.6 Å². The summed E-state index contributed by atoms with van der Waals surface area (Å²) < 4.78 is 12.5. The fourth-order valence-electron chi connectivity index (χ4n) is 2.81.